The third kappa shape index (κ3) is 4.57. The predicted molar refractivity (Wildman–Crippen MR) is 136 cm³/mol. The Morgan fingerprint density at radius 3 is 2.47 bits per heavy atom. The minimum absolute atomic E-state index is 0.122. The summed E-state index contributed by atoms with van der Waals surface area (Å²) < 4.78 is 47.6. The second-order valence-electron chi connectivity index (χ2n) is 10.3. The molecule has 198 valence electrons. The first kappa shape index (κ1) is 24.7. The van der Waals surface area contributed by atoms with Gasteiger partial charge in [-0.05, 0) is 61.9 Å². The maximum absolute atomic E-state index is 13.4. The smallest absolute Gasteiger partial charge is 0.393 e. The predicted octanol–water partition coefficient (Wildman–Crippen LogP) is 5.51. The Labute approximate surface area is 217 Å². The topological polar surface area (TPSA) is 80.2 Å². The van der Waals surface area contributed by atoms with Crippen LogP contribution in [0.5, 0.6) is 0 Å². The number of aryl methyl sites for hydroxylation is 1. The van der Waals surface area contributed by atoms with Crippen LogP contribution in [0.25, 0.3) is 23.0 Å². The summed E-state index contributed by atoms with van der Waals surface area (Å²) >= 11 is 0. The van der Waals surface area contributed by atoms with Crippen LogP contribution < -0.4 is 4.90 Å². The van der Waals surface area contributed by atoms with E-state index in [-0.39, 0.29) is 30.4 Å². The molecule has 2 aromatic carbocycles. The van der Waals surface area contributed by atoms with Gasteiger partial charge in [-0.3, -0.25) is 4.68 Å². The van der Waals surface area contributed by atoms with Crippen LogP contribution in [0.2, 0.25) is 0 Å². The van der Waals surface area contributed by atoms with Gasteiger partial charge in [0.05, 0.1) is 18.1 Å². The fraction of sp³-hybridized carbons (Fsp3) is 0.393. The zero-order valence-corrected chi connectivity index (χ0v) is 20.9. The summed E-state index contributed by atoms with van der Waals surface area (Å²) in [7, 11) is 0. The molecule has 1 saturated carbocycles. The SMILES string of the molecule is Cc1cc(-c2nc(-c3ccc(C4(C(F)(F)F)CC4)cc3)no2)nn1Cc1cccc(N2CCC(O)CC2)c1. The van der Waals surface area contributed by atoms with Gasteiger partial charge in [0.15, 0.2) is 5.69 Å². The molecule has 6 rings (SSSR count). The van der Waals surface area contributed by atoms with Gasteiger partial charge < -0.3 is 14.5 Å². The zero-order chi connectivity index (χ0) is 26.5. The van der Waals surface area contributed by atoms with Gasteiger partial charge in [-0.25, -0.2) is 0 Å². The monoisotopic (exact) mass is 523 g/mol. The van der Waals surface area contributed by atoms with Crippen molar-refractivity contribution < 1.29 is 22.8 Å². The summed E-state index contributed by atoms with van der Waals surface area (Å²) in [6.45, 7) is 4.19. The molecule has 0 unspecified atom stereocenters. The lowest BCUT2D eigenvalue weighted by Crippen LogP contribution is -2.35. The Morgan fingerprint density at radius 2 is 1.79 bits per heavy atom. The number of halogens is 3. The fourth-order valence-corrected chi connectivity index (χ4v) is 5.17. The van der Waals surface area contributed by atoms with E-state index in [1.54, 1.807) is 12.1 Å². The highest BCUT2D eigenvalue weighted by atomic mass is 19.4. The van der Waals surface area contributed by atoms with E-state index in [1.807, 2.05) is 23.7 Å². The van der Waals surface area contributed by atoms with Gasteiger partial charge in [0, 0.05) is 30.0 Å². The van der Waals surface area contributed by atoms with Gasteiger partial charge in [0.2, 0.25) is 5.82 Å². The van der Waals surface area contributed by atoms with Crippen LogP contribution in [0.1, 0.15) is 42.5 Å². The summed E-state index contributed by atoms with van der Waals surface area (Å²) in [5.41, 5.74) is 2.84. The average Bonchev–Trinajstić information content (AvgIpc) is 3.46. The molecule has 0 amide bonds. The van der Waals surface area contributed by atoms with Gasteiger partial charge in [-0.2, -0.15) is 23.3 Å². The number of aromatic nitrogens is 4. The van der Waals surface area contributed by atoms with Crippen molar-refractivity contribution in [1.82, 2.24) is 19.9 Å². The van der Waals surface area contributed by atoms with E-state index in [9.17, 15) is 18.3 Å². The Bertz CT molecular complexity index is 1430. The molecule has 1 aliphatic heterocycles. The second kappa shape index (κ2) is 9.27. The van der Waals surface area contributed by atoms with Crippen molar-refractivity contribution in [3.05, 3.63) is 71.4 Å². The standard InChI is InChI=1S/C28H28F3N5O2/c1-18-15-24(33-36(18)17-19-3-2-4-22(16-19)35-13-9-23(37)10-14-35)26-32-25(34-38-26)20-5-7-21(8-6-20)27(11-12-27)28(29,30)31/h2-8,15-16,23,37H,9-14,17H2,1H3. The first-order chi connectivity index (χ1) is 18.2. The molecule has 1 N–H and O–H groups in total. The number of aliphatic hydroxyl groups is 1. The van der Waals surface area contributed by atoms with E-state index >= 15 is 0 Å². The van der Waals surface area contributed by atoms with Crippen LogP contribution in [0, 0.1) is 6.92 Å². The number of hydrogen-bond acceptors (Lipinski definition) is 6. The second-order valence-corrected chi connectivity index (χ2v) is 10.3. The van der Waals surface area contributed by atoms with Gasteiger partial charge >= 0.3 is 6.18 Å². The van der Waals surface area contributed by atoms with Crippen LogP contribution in [0.15, 0.2) is 59.1 Å². The molecule has 1 aliphatic carbocycles. The van der Waals surface area contributed by atoms with Crippen molar-refractivity contribution in [2.75, 3.05) is 18.0 Å². The number of rotatable bonds is 6. The van der Waals surface area contributed by atoms with E-state index < -0.39 is 11.6 Å². The van der Waals surface area contributed by atoms with E-state index in [4.69, 9.17) is 4.52 Å². The van der Waals surface area contributed by atoms with Crippen LogP contribution in [-0.2, 0) is 12.0 Å². The molecule has 0 bridgehead atoms. The number of piperidine rings is 1. The first-order valence-corrected chi connectivity index (χ1v) is 12.8. The van der Waals surface area contributed by atoms with Gasteiger partial charge in [-0.1, -0.05) is 41.6 Å². The summed E-state index contributed by atoms with van der Waals surface area (Å²) in [4.78, 5) is 6.74. The molecule has 10 heteroatoms. The van der Waals surface area contributed by atoms with Crippen molar-refractivity contribution in [3.63, 3.8) is 0 Å². The Hall–Kier alpha value is -3.66. The van der Waals surface area contributed by atoms with Crippen molar-refractivity contribution >= 4 is 5.69 Å². The minimum Gasteiger partial charge on any atom is -0.393 e. The van der Waals surface area contributed by atoms with Crippen molar-refractivity contribution in [1.29, 1.82) is 0 Å². The highest BCUT2D eigenvalue weighted by Crippen LogP contribution is 2.58. The molecule has 3 heterocycles. The average molecular weight is 524 g/mol. The lowest BCUT2D eigenvalue weighted by atomic mass is 9.94. The number of hydrogen-bond donors (Lipinski definition) is 1. The molecule has 7 nitrogen and oxygen atoms in total. The normalized spacial score (nSPS) is 17.7. The van der Waals surface area contributed by atoms with E-state index in [2.05, 4.69) is 38.3 Å². The quantitative estimate of drug-likeness (QED) is 0.359. The molecular weight excluding hydrogens is 495 g/mol. The third-order valence-electron chi connectivity index (χ3n) is 7.69. The Morgan fingerprint density at radius 1 is 1.05 bits per heavy atom. The molecule has 1 saturated heterocycles. The van der Waals surface area contributed by atoms with E-state index in [0.717, 1.165) is 42.9 Å². The maximum atomic E-state index is 13.4. The maximum Gasteiger partial charge on any atom is 0.398 e. The van der Waals surface area contributed by atoms with Gasteiger partial charge in [-0.15, -0.1) is 0 Å². The highest BCUT2D eigenvalue weighted by Gasteiger charge is 2.64. The third-order valence-corrected chi connectivity index (χ3v) is 7.69. The number of aliphatic hydroxyl groups excluding tert-OH is 1. The molecular formula is C28H28F3N5O2. The van der Waals surface area contributed by atoms with Crippen molar-refractivity contribution in [3.8, 4) is 23.0 Å². The zero-order valence-electron chi connectivity index (χ0n) is 20.9. The number of alkyl halides is 3. The summed E-state index contributed by atoms with van der Waals surface area (Å²) in [6, 6.07) is 16.4. The van der Waals surface area contributed by atoms with Crippen molar-refractivity contribution in [2.24, 2.45) is 0 Å². The minimum atomic E-state index is -4.25. The van der Waals surface area contributed by atoms with Crippen LogP contribution in [0.4, 0.5) is 18.9 Å². The Balaban J connectivity index is 1.17. The van der Waals surface area contributed by atoms with Crippen LogP contribution in [0.3, 0.4) is 0 Å². The summed E-state index contributed by atoms with van der Waals surface area (Å²) in [6.07, 6.45) is -2.67. The van der Waals surface area contributed by atoms with E-state index in [0.29, 0.717) is 23.6 Å². The lowest BCUT2D eigenvalue weighted by molar-refractivity contribution is -0.160. The number of benzene rings is 2. The van der Waals surface area contributed by atoms with E-state index in [1.165, 1.54) is 12.1 Å². The lowest BCUT2D eigenvalue weighted by Gasteiger charge is -2.31. The Kier molecular flexibility index (Phi) is 6.02. The molecule has 4 aromatic rings. The summed E-state index contributed by atoms with van der Waals surface area (Å²) in [5.74, 6) is 0.551. The van der Waals surface area contributed by atoms with Crippen LogP contribution in [-0.4, -0.2) is 50.4 Å². The van der Waals surface area contributed by atoms with Gasteiger partial charge in [0.25, 0.3) is 5.89 Å². The molecule has 2 aliphatic rings. The van der Waals surface area contributed by atoms with Gasteiger partial charge in [0.1, 0.15) is 0 Å². The number of anilines is 1. The molecule has 2 fully saturated rings. The molecule has 0 spiro atoms. The molecule has 0 radical (unpaired) electrons. The molecule has 0 atom stereocenters. The highest BCUT2D eigenvalue weighted by molar-refractivity contribution is 5.59. The van der Waals surface area contributed by atoms with Crippen LogP contribution >= 0.6 is 0 Å². The fourth-order valence-electron chi connectivity index (χ4n) is 5.17. The molecule has 2 aromatic heterocycles. The largest absolute Gasteiger partial charge is 0.398 e. The first-order valence-electron chi connectivity index (χ1n) is 12.8. The van der Waals surface area contributed by atoms with Crippen molar-refractivity contribution in [2.45, 2.75) is 56.8 Å². The molecule has 38 heavy (non-hydrogen) atoms. The number of nitrogens with zero attached hydrogens (tertiary/aromatic N) is 5. The summed E-state index contributed by atoms with van der Waals surface area (Å²) in [5, 5.41) is 18.5.